The lowest BCUT2D eigenvalue weighted by Crippen LogP contribution is -2.32. The first-order chi connectivity index (χ1) is 11.2. The second-order valence-corrected chi connectivity index (χ2v) is 6.10. The number of hydrogen-bond donors (Lipinski definition) is 1. The van der Waals surface area contributed by atoms with Gasteiger partial charge in [0.1, 0.15) is 11.6 Å². The van der Waals surface area contributed by atoms with Crippen molar-refractivity contribution in [2.75, 3.05) is 19.9 Å². The van der Waals surface area contributed by atoms with Gasteiger partial charge in [0, 0.05) is 17.6 Å². The number of amides is 1. The molecule has 0 saturated carbocycles. The Bertz CT molecular complexity index is 690. The van der Waals surface area contributed by atoms with Crippen LogP contribution >= 0.6 is 15.9 Å². The molecule has 1 N–H and O–H groups in total. The fraction of sp³-hybridized carbons (Fsp3) is 0.375. The minimum Gasteiger partial charge on any atom is -0.454 e. The summed E-state index contributed by atoms with van der Waals surface area (Å²) in [5.74, 6) is 0.819. The Balaban J connectivity index is 1.73. The van der Waals surface area contributed by atoms with Crippen molar-refractivity contribution in [3.05, 3.63) is 27.7 Å². The average Bonchev–Trinajstić information content (AvgIpc) is 3.21. The van der Waals surface area contributed by atoms with E-state index in [1.54, 1.807) is 12.1 Å². The minimum atomic E-state index is -0.410. The van der Waals surface area contributed by atoms with Crippen LogP contribution in [0.4, 0.5) is 0 Å². The lowest BCUT2D eigenvalue weighted by atomic mass is 10.1. The van der Waals surface area contributed by atoms with Gasteiger partial charge in [-0.1, -0.05) is 15.9 Å². The van der Waals surface area contributed by atoms with Crippen LogP contribution in [0.15, 0.2) is 22.2 Å². The highest BCUT2D eigenvalue weighted by Crippen LogP contribution is 2.37. The van der Waals surface area contributed by atoms with E-state index in [1.807, 2.05) is 6.07 Å². The number of carbonyl (C=O) groups is 1. The summed E-state index contributed by atoms with van der Waals surface area (Å²) in [6, 6.07) is 5.43. The SMILES string of the molecule is N#C/C(=C/c1cc2c(cc1Br)OCO2)C(=O)NC[C@H]1CCCO1. The summed E-state index contributed by atoms with van der Waals surface area (Å²) in [4.78, 5) is 12.2. The van der Waals surface area contributed by atoms with E-state index in [9.17, 15) is 10.1 Å². The van der Waals surface area contributed by atoms with Crippen molar-refractivity contribution in [2.45, 2.75) is 18.9 Å². The maximum absolute atomic E-state index is 12.2. The van der Waals surface area contributed by atoms with Gasteiger partial charge in [-0.3, -0.25) is 4.79 Å². The largest absolute Gasteiger partial charge is 0.454 e. The summed E-state index contributed by atoms with van der Waals surface area (Å²) < 4.78 is 16.8. The van der Waals surface area contributed by atoms with Crippen molar-refractivity contribution in [3.8, 4) is 17.6 Å². The molecule has 1 saturated heterocycles. The number of carbonyl (C=O) groups excluding carboxylic acids is 1. The molecule has 23 heavy (non-hydrogen) atoms. The molecule has 1 aromatic rings. The van der Waals surface area contributed by atoms with Gasteiger partial charge in [0.05, 0.1) is 6.10 Å². The maximum atomic E-state index is 12.2. The molecule has 6 nitrogen and oxygen atoms in total. The van der Waals surface area contributed by atoms with Crippen molar-refractivity contribution in [1.82, 2.24) is 5.32 Å². The Morgan fingerprint density at radius 2 is 2.22 bits per heavy atom. The first-order valence-electron chi connectivity index (χ1n) is 7.28. The van der Waals surface area contributed by atoms with Crippen LogP contribution in [0, 0.1) is 11.3 Å². The van der Waals surface area contributed by atoms with E-state index in [1.165, 1.54) is 6.08 Å². The molecule has 120 valence electrons. The molecular formula is C16H15BrN2O4. The summed E-state index contributed by atoms with van der Waals surface area (Å²) in [6.45, 7) is 1.31. The van der Waals surface area contributed by atoms with Gasteiger partial charge in [0.15, 0.2) is 11.5 Å². The molecule has 1 atom stereocenters. The molecule has 2 aliphatic heterocycles. The molecule has 1 fully saturated rings. The van der Waals surface area contributed by atoms with Gasteiger partial charge in [-0.05, 0) is 36.6 Å². The smallest absolute Gasteiger partial charge is 0.262 e. The standard InChI is InChI=1S/C16H15BrN2O4/c17-13-6-15-14(22-9-23-15)5-10(13)4-11(7-18)16(20)19-8-12-2-1-3-21-12/h4-6,12H,1-3,8-9H2,(H,19,20)/b11-4-/t12-/m1/s1. The second-order valence-electron chi connectivity index (χ2n) is 5.24. The van der Waals surface area contributed by atoms with E-state index in [4.69, 9.17) is 14.2 Å². The quantitative estimate of drug-likeness (QED) is 0.642. The Labute approximate surface area is 142 Å². The first kappa shape index (κ1) is 15.8. The molecule has 2 aliphatic rings. The molecule has 0 radical (unpaired) electrons. The number of ether oxygens (including phenoxy) is 3. The first-order valence-corrected chi connectivity index (χ1v) is 8.07. The molecule has 0 aliphatic carbocycles. The monoisotopic (exact) mass is 378 g/mol. The van der Waals surface area contributed by atoms with Gasteiger partial charge in [-0.25, -0.2) is 0 Å². The van der Waals surface area contributed by atoms with Crippen LogP contribution in [0.2, 0.25) is 0 Å². The Hall–Kier alpha value is -2.04. The van der Waals surface area contributed by atoms with Crippen LogP contribution in [0.1, 0.15) is 18.4 Å². The summed E-state index contributed by atoms with van der Waals surface area (Å²) in [5, 5.41) is 12.0. The number of nitriles is 1. The van der Waals surface area contributed by atoms with Crippen molar-refractivity contribution in [1.29, 1.82) is 5.26 Å². The summed E-state index contributed by atoms with van der Waals surface area (Å²) in [6.07, 6.45) is 3.50. The third-order valence-electron chi connectivity index (χ3n) is 3.67. The van der Waals surface area contributed by atoms with Gasteiger partial charge >= 0.3 is 0 Å². The number of rotatable bonds is 4. The molecule has 3 rings (SSSR count). The minimum absolute atomic E-state index is 0.0302. The fourth-order valence-corrected chi connectivity index (χ4v) is 2.89. The number of benzene rings is 1. The zero-order chi connectivity index (χ0) is 16.2. The van der Waals surface area contributed by atoms with Crippen LogP contribution in [-0.4, -0.2) is 32.0 Å². The average molecular weight is 379 g/mol. The fourth-order valence-electron chi connectivity index (χ4n) is 2.45. The predicted octanol–water partition coefficient (Wildman–Crippen LogP) is 2.38. The van der Waals surface area contributed by atoms with E-state index in [-0.39, 0.29) is 18.5 Å². The number of hydrogen-bond acceptors (Lipinski definition) is 5. The van der Waals surface area contributed by atoms with E-state index < -0.39 is 5.91 Å². The Morgan fingerprint density at radius 3 is 2.91 bits per heavy atom. The van der Waals surface area contributed by atoms with Crippen LogP contribution in [0.25, 0.3) is 6.08 Å². The van der Waals surface area contributed by atoms with Crippen molar-refractivity contribution < 1.29 is 19.0 Å². The van der Waals surface area contributed by atoms with Gasteiger partial charge < -0.3 is 19.5 Å². The summed E-state index contributed by atoms with van der Waals surface area (Å²) in [5.41, 5.74) is 0.709. The van der Waals surface area contributed by atoms with Gasteiger partial charge in [0.2, 0.25) is 6.79 Å². The molecule has 1 aromatic carbocycles. The number of halogens is 1. The van der Waals surface area contributed by atoms with E-state index in [0.717, 1.165) is 23.9 Å². The molecule has 0 unspecified atom stereocenters. The van der Waals surface area contributed by atoms with Gasteiger partial charge in [-0.2, -0.15) is 5.26 Å². The van der Waals surface area contributed by atoms with Crippen LogP contribution in [0.5, 0.6) is 11.5 Å². The lowest BCUT2D eigenvalue weighted by molar-refractivity contribution is -0.117. The van der Waals surface area contributed by atoms with Crippen molar-refractivity contribution in [2.24, 2.45) is 0 Å². The number of fused-ring (bicyclic) bond motifs is 1. The molecule has 1 amide bonds. The topological polar surface area (TPSA) is 80.6 Å². The van der Waals surface area contributed by atoms with Crippen LogP contribution < -0.4 is 14.8 Å². The Morgan fingerprint density at radius 1 is 1.43 bits per heavy atom. The molecular weight excluding hydrogens is 364 g/mol. The normalized spacial score (nSPS) is 19.5. The van der Waals surface area contributed by atoms with E-state index >= 15 is 0 Å². The summed E-state index contributed by atoms with van der Waals surface area (Å²) >= 11 is 3.41. The lowest BCUT2D eigenvalue weighted by Gasteiger charge is -2.10. The maximum Gasteiger partial charge on any atom is 0.262 e. The zero-order valence-corrected chi connectivity index (χ0v) is 13.9. The van der Waals surface area contributed by atoms with Gasteiger partial charge in [-0.15, -0.1) is 0 Å². The predicted molar refractivity (Wildman–Crippen MR) is 85.8 cm³/mol. The highest BCUT2D eigenvalue weighted by atomic mass is 79.9. The number of nitrogens with one attached hydrogen (secondary N) is 1. The molecule has 0 spiro atoms. The third-order valence-corrected chi connectivity index (χ3v) is 4.36. The number of nitrogens with zero attached hydrogens (tertiary/aromatic N) is 1. The van der Waals surface area contributed by atoms with Gasteiger partial charge in [0.25, 0.3) is 5.91 Å². The van der Waals surface area contributed by atoms with Crippen molar-refractivity contribution in [3.63, 3.8) is 0 Å². The van der Waals surface area contributed by atoms with Crippen LogP contribution in [0.3, 0.4) is 0 Å². The van der Waals surface area contributed by atoms with E-state index in [0.29, 0.717) is 23.6 Å². The molecule has 7 heteroatoms. The highest BCUT2D eigenvalue weighted by Gasteiger charge is 2.19. The van der Waals surface area contributed by atoms with Crippen LogP contribution in [-0.2, 0) is 9.53 Å². The van der Waals surface area contributed by atoms with Crippen molar-refractivity contribution >= 4 is 27.9 Å². The summed E-state index contributed by atoms with van der Waals surface area (Å²) in [7, 11) is 0. The second kappa shape index (κ2) is 7.02. The molecule has 0 bridgehead atoms. The zero-order valence-electron chi connectivity index (χ0n) is 12.3. The highest BCUT2D eigenvalue weighted by molar-refractivity contribution is 9.10. The molecule has 2 heterocycles. The Kier molecular flexibility index (Phi) is 4.84. The molecule has 0 aromatic heterocycles. The van der Waals surface area contributed by atoms with E-state index in [2.05, 4.69) is 21.2 Å². The third kappa shape index (κ3) is 3.66.